The summed E-state index contributed by atoms with van der Waals surface area (Å²) >= 11 is 3.58. The maximum atomic E-state index is 9.80. The normalized spacial score (nSPS) is 14.6. The summed E-state index contributed by atoms with van der Waals surface area (Å²) in [5, 5.41) is 9.80. The van der Waals surface area contributed by atoms with E-state index in [2.05, 4.69) is 59.3 Å². The van der Waals surface area contributed by atoms with Gasteiger partial charge in [-0.3, -0.25) is 0 Å². The van der Waals surface area contributed by atoms with Gasteiger partial charge in [0.1, 0.15) is 5.75 Å². The third-order valence-corrected chi connectivity index (χ3v) is 4.48. The van der Waals surface area contributed by atoms with E-state index < -0.39 is 0 Å². The van der Waals surface area contributed by atoms with Crippen LogP contribution in [0.15, 0.2) is 40.9 Å². The van der Waals surface area contributed by atoms with Crippen LogP contribution in [0.2, 0.25) is 0 Å². The smallest absolute Gasteiger partial charge is 0.125 e. The number of hydrogen-bond acceptors (Lipinski definition) is 2. The molecule has 0 saturated carbocycles. The van der Waals surface area contributed by atoms with Crippen LogP contribution in [0.1, 0.15) is 28.2 Å². The second-order valence-electron chi connectivity index (χ2n) is 5.65. The molecule has 0 amide bonds. The van der Waals surface area contributed by atoms with Gasteiger partial charge in [-0.2, -0.15) is 0 Å². The molecular weight excluding hydrogens is 328 g/mol. The summed E-state index contributed by atoms with van der Waals surface area (Å²) in [6, 6.07) is 12.6. The molecule has 0 aliphatic carbocycles. The monoisotopic (exact) mass is 346 g/mol. The minimum atomic E-state index is 0.104. The number of aliphatic hydroxyl groups excluding tert-OH is 1. The molecular formula is C18H19BrO2. The molecule has 1 atom stereocenters. The van der Waals surface area contributed by atoms with Gasteiger partial charge in [0.15, 0.2) is 0 Å². The first-order valence-corrected chi connectivity index (χ1v) is 8.08. The van der Waals surface area contributed by atoms with Gasteiger partial charge in [0.05, 0.1) is 13.2 Å². The SMILES string of the molecule is Cc1cccc(C(CO)Cc2cc(Br)cc3c2OCC3)c1. The molecule has 2 aromatic rings. The zero-order valence-electron chi connectivity index (χ0n) is 12.1. The van der Waals surface area contributed by atoms with Gasteiger partial charge in [-0.05, 0) is 42.2 Å². The van der Waals surface area contributed by atoms with E-state index in [1.165, 1.54) is 22.3 Å². The Balaban J connectivity index is 1.91. The molecule has 0 spiro atoms. The van der Waals surface area contributed by atoms with Crippen molar-refractivity contribution in [2.75, 3.05) is 13.2 Å². The van der Waals surface area contributed by atoms with Gasteiger partial charge in [-0.15, -0.1) is 0 Å². The second-order valence-corrected chi connectivity index (χ2v) is 6.57. The molecule has 3 rings (SSSR count). The predicted octanol–water partition coefficient (Wildman–Crippen LogP) is 4.01. The van der Waals surface area contributed by atoms with Crippen molar-refractivity contribution in [3.8, 4) is 5.75 Å². The van der Waals surface area contributed by atoms with Crippen molar-refractivity contribution >= 4 is 15.9 Å². The van der Waals surface area contributed by atoms with Gasteiger partial charge in [0, 0.05) is 16.8 Å². The van der Waals surface area contributed by atoms with Crippen molar-refractivity contribution in [1.82, 2.24) is 0 Å². The summed E-state index contributed by atoms with van der Waals surface area (Å²) in [5.41, 5.74) is 4.85. The van der Waals surface area contributed by atoms with Crippen LogP contribution < -0.4 is 4.74 Å². The third kappa shape index (κ3) is 3.14. The minimum absolute atomic E-state index is 0.104. The van der Waals surface area contributed by atoms with Gasteiger partial charge >= 0.3 is 0 Å². The Morgan fingerprint density at radius 3 is 2.90 bits per heavy atom. The standard InChI is InChI=1S/C18H19BrO2/c1-12-3-2-4-13(7-12)16(11-20)8-15-10-17(19)9-14-5-6-21-18(14)15/h2-4,7,9-10,16,20H,5-6,8,11H2,1H3. The number of rotatable bonds is 4. The number of benzene rings is 2. The fourth-order valence-corrected chi connectivity index (χ4v) is 3.53. The van der Waals surface area contributed by atoms with Crippen LogP contribution in [0.5, 0.6) is 5.75 Å². The summed E-state index contributed by atoms with van der Waals surface area (Å²) in [7, 11) is 0. The quantitative estimate of drug-likeness (QED) is 0.906. The number of halogens is 1. The van der Waals surface area contributed by atoms with E-state index in [4.69, 9.17) is 4.74 Å². The maximum Gasteiger partial charge on any atom is 0.125 e. The number of fused-ring (bicyclic) bond motifs is 1. The lowest BCUT2D eigenvalue weighted by Crippen LogP contribution is -2.09. The lowest BCUT2D eigenvalue weighted by Gasteiger charge is -2.17. The fraction of sp³-hybridized carbons (Fsp3) is 0.333. The molecule has 2 nitrogen and oxygen atoms in total. The molecule has 1 unspecified atom stereocenters. The number of aliphatic hydroxyl groups is 1. The number of aryl methyl sites for hydroxylation is 1. The highest BCUT2D eigenvalue weighted by atomic mass is 79.9. The highest BCUT2D eigenvalue weighted by Crippen LogP contribution is 2.35. The fourth-order valence-electron chi connectivity index (χ4n) is 2.97. The van der Waals surface area contributed by atoms with E-state index in [1.54, 1.807) is 0 Å². The predicted molar refractivity (Wildman–Crippen MR) is 88.1 cm³/mol. The molecule has 1 aliphatic rings. The molecule has 2 aromatic carbocycles. The van der Waals surface area contributed by atoms with Gasteiger partial charge in [-0.1, -0.05) is 45.8 Å². The van der Waals surface area contributed by atoms with Crippen LogP contribution in [-0.2, 0) is 12.8 Å². The van der Waals surface area contributed by atoms with E-state index in [-0.39, 0.29) is 12.5 Å². The lowest BCUT2D eigenvalue weighted by atomic mass is 9.90. The summed E-state index contributed by atoms with van der Waals surface area (Å²) in [4.78, 5) is 0. The first-order valence-electron chi connectivity index (χ1n) is 7.29. The Labute approximate surface area is 133 Å². The van der Waals surface area contributed by atoms with Crippen molar-refractivity contribution in [2.45, 2.75) is 25.7 Å². The van der Waals surface area contributed by atoms with Crippen LogP contribution in [-0.4, -0.2) is 18.3 Å². The summed E-state index contributed by atoms with van der Waals surface area (Å²) in [5.74, 6) is 1.12. The highest BCUT2D eigenvalue weighted by molar-refractivity contribution is 9.10. The topological polar surface area (TPSA) is 29.5 Å². The largest absolute Gasteiger partial charge is 0.493 e. The van der Waals surface area contributed by atoms with Crippen LogP contribution in [0.25, 0.3) is 0 Å². The molecule has 110 valence electrons. The molecule has 0 fully saturated rings. The van der Waals surface area contributed by atoms with Crippen molar-refractivity contribution in [1.29, 1.82) is 0 Å². The van der Waals surface area contributed by atoms with Crippen molar-refractivity contribution in [2.24, 2.45) is 0 Å². The van der Waals surface area contributed by atoms with Gasteiger partial charge in [-0.25, -0.2) is 0 Å². The molecule has 0 saturated heterocycles. The van der Waals surface area contributed by atoms with E-state index in [0.29, 0.717) is 0 Å². The molecule has 1 heterocycles. The second kappa shape index (κ2) is 6.20. The van der Waals surface area contributed by atoms with Gasteiger partial charge in [0.25, 0.3) is 0 Å². The average molecular weight is 347 g/mol. The Bertz CT molecular complexity index is 652. The van der Waals surface area contributed by atoms with Gasteiger partial charge in [0.2, 0.25) is 0 Å². The summed E-state index contributed by atoms with van der Waals surface area (Å²) in [6.45, 7) is 2.98. The Hall–Kier alpha value is -1.32. The molecule has 21 heavy (non-hydrogen) atoms. The molecule has 1 aliphatic heterocycles. The zero-order valence-corrected chi connectivity index (χ0v) is 13.7. The van der Waals surface area contributed by atoms with Crippen LogP contribution in [0, 0.1) is 6.92 Å². The molecule has 0 radical (unpaired) electrons. The zero-order chi connectivity index (χ0) is 14.8. The van der Waals surface area contributed by atoms with E-state index in [9.17, 15) is 5.11 Å². The first-order chi connectivity index (χ1) is 10.2. The number of ether oxygens (including phenoxy) is 1. The van der Waals surface area contributed by atoms with E-state index in [1.807, 2.05) is 0 Å². The lowest BCUT2D eigenvalue weighted by molar-refractivity contribution is 0.263. The summed E-state index contributed by atoms with van der Waals surface area (Å²) in [6.07, 6.45) is 1.76. The van der Waals surface area contributed by atoms with E-state index in [0.717, 1.165) is 29.7 Å². The van der Waals surface area contributed by atoms with Crippen molar-refractivity contribution in [3.05, 3.63) is 63.1 Å². The van der Waals surface area contributed by atoms with Crippen molar-refractivity contribution < 1.29 is 9.84 Å². The average Bonchev–Trinajstić information content (AvgIpc) is 2.92. The van der Waals surface area contributed by atoms with Gasteiger partial charge < -0.3 is 9.84 Å². The van der Waals surface area contributed by atoms with Crippen molar-refractivity contribution in [3.63, 3.8) is 0 Å². The van der Waals surface area contributed by atoms with Crippen LogP contribution >= 0.6 is 15.9 Å². The first kappa shape index (κ1) is 14.6. The molecule has 0 aromatic heterocycles. The Morgan fingerprint density at radius 1 is 1.29 bits per heavy atom. The Morgan fingerprint density at radius 2 is 2.14 bits per heavy atom. The number of hydrogen-bond donors (Lipinski definition) is 1. The highest BCUT2D eigenvalue weighted by Gasteiger charge is 2.20. The molecule has 1 N–H and O–H groups in total. The summed E-state index contributed by atoms with van der Waals surface area (Å²) < 4.78 is 6.87. The molecule has 0 bridgehead atoms. The van der Waals surface area contributed by atoms with Crippen LogP contribution in [0.4, 0.5) is 0 Å². The van der Waals surface area contributed by atoms with E-state index >= 15 is 0 Å². The minimum Gasteiger partial charge on any atom is -0.493 e. The third-order valence-electron chi connectivity index (χ3n) is 4.03. The maximum absolute atomic E-state index is 9.80. The van der Waals surface area contributed by atoms with Crippen LogP contribution in [0.3, 0.4) is 0 Å². The molecule has 3 heteroatoms. The Kier molecular flexibility index (Phi) is 4.32.